The smallest absolute Gasteiger partial charge is 0.156 e. The number of halogens is 1. The van der Waals surface area contributed by atoms with Crippen molar-refractivity contribution in [2.24, 2.45) is 0 Å². The highest BCUT2D eigenvalue weighted by Gasteiger charge is 2.22. The lowest BCUT2D eigenvalue weighted by Gasteiger charge is -2.03. The Morgan fingerprint density at radius 1 is 1.40 bits per heavy atom. The van der Waals surface area contributed by atoms with Gasteiger partial charge in [-0.15, -0.1) is 10.2 Å². The van der Waals surface area contributed by atoms with E-state index in [2.05, 4.69) is 26.1 Å². The highest BCUT2D eigenvalue weighted by molar-refractivity contribution is 9.09. The van der Waals surface area contributed by atoms with Crippen molar-refractivity contribution in [3.63, 3.8) is 0 Å². The Bertz CT molecular complexity index is 430. The maximum absolute atomic E-state index is 11.3. The van der Waals surface area contributed by atoms with Crippen LogP contribution in [-0.4, -0.2) is 24.9 Å². The number of alkyl halides is 1. The van der Waals surface area contributed by atoms with Gasteiger partial charge in [-0.3, -0.25) is 0 Å². The molecule has 86 valence electrons. The Labute approximate surface area is 102 Å². The van der Waals surface area contributed by atoms with Crippen LogP contribution in [0.2, 0.25) is 0 Å². The number of hydrogen-bond donors (Lipinski definition) is 0. The minimum Gasteiger partial charge on any atom is -0.228 e. The van der Waals surface area contributed by atoms with Crippen LogP contribution in [0.15, 0.2) is 0 Å². The molecule has 1 rings (SSSR count). The predicted octanol–water partition coefficient (Wildman–Crippen LogP) is 2.49. The van der Waals surface area contributed by atoms with E-state index in [4.69, 9.17) is 0 Å². The maximum atomic E-state index is 11.3. The molecule has 0 aliphatic carbocycles. The first-order valence-corrected chi connectivity index (χ1v) is 8.21. The van der Waals surface area contributed by atoms with E-state index < -0.39 is 15.1 Å². The largest absolute Gasteiger partial charge is 0.228 e. The topological polar surface area (TPSA) is 59.9 Å². The van der Waals surface area contributed by atoms with Crippen molar-refractivity contribution in [1.82, 2.24) is 10.2 Å². The summed E-state index contributed by atoms with van der Waals surface area (Å²) < 4.78 is 22.6. The molecule has 0 aliphatic rings. The zero-order valence-corrected chi connectivity index (χ0v) is 12.0. The fourth-order valence-corrected chi connectivity index (χ4v) is 3.19. The van der Waals surface area contributed by atoms with E-state index in [0.717, 1.165) is 11.4 Å². The number of hydrogen-bond acceptors (Lipinski definition) is 5. The fourth-order valence-electron chi connectivity index (χ4n) is 0.895. The monoisotopic (exact) mass is 312 g/mol. The van der Waals surface area contributed by atoms with Gasteiger partial charge < -0.3 is 0 Å². The van der Waals surface area contributed by atoms with Gasteiger partial charge in [-0.05, 0) is 13.3 Å². The lowest BCUT2D eigenvalue weighted by Crippen LogP contribution is -2.07. The Morgan fingerprint density at radius 2 is 1.93 bits per heavy atom. The number of rotatable bonds is 4. The summed E-state index contributed by atoms with van der Waals surface area (Å²) in [6.45, 7) is 3.66. The van der Waals surface area contributed by atoms with Crippen molar-refractivity contribution in [1.29, 1.82) is 0 Å². The molecule has 0 aromatic carbocycles. The second-order valence-corrected chi connectivity index (χ2v) is 7.84. The Kier molecular flexibility index (Phi) is 4.25. The molecule has 7 heteroatoms. The lowest BCUT2D eigenvalue weighted by molar-refractivity contribution is 0.591. The van der Waals surface area contributed by atoms with Gasteiger partial charge in [0.25, 0.3) is 0 Å². The first-order chi connectivity index (χ1) is 6.86. The minimum atomic E-state index is -3.08. The van der Waals surface area contributed by atoms with E-state index in [1.54, 1.807) is 6.92 Å². The molecule has 15 heavy (non-hydrogen) atoms. The number of aromatic nitrogens is 2. The molecule has 0 radical (unpaired) electrons. The SMILES string of the molecule is CCC(Br)c1nnc(C(C)S(C)(=O)=O)s1. The molecule has 1 aromatic heterocycles. The van der Waals surface area contributed by atoms with Gasteiger partial charge in [0, 0.05) is 6.26 Å². The van der Waals surface area contributed by atoms with Crippen molar-refractivity contribution in [2.45, 2.75) is 30.3 Å². The summed E-state index contributed by atoms with van der Waals surface area (Å²) in [4.78, 5) is 0.163. The van der Waals surface area contributed by atoms with Crippen LogP contribution in [0, 0.1) is 0 Å². The maximum Gasteiger partial charge on any atom is 0.156 e. The molecule has 0 fully saturated rings. The van der Waals surface area contributed by atoms with Crippen LogP contribution in [-0.2, 0) is 9.84 Å². The summed E-state index contributed by atoms with van der Waals surface area (Å²) in [5.41, 5.74) is 0. The molecule has 1 aromatic rings. The van der Waals surface area contributed by atoms with Crippen LogP contribution < -0.4 is 0 Å². The molecule has 4 nitrogen and oxygen atoms in total. The van der Waals surface area contributed by atoms with Gasteiger partial charge >= 0.3 is 0 Å². The van der Waals surface area contributed by atoms with Gasteiger partial charge in [-0.2, -0.15) is 0 Å². The molecule has 0 saturated carbocycles. The van der Waals surface area contributed by atoms with Crippen molar-refractivity contribution in [3.8, 4) is 0 Å². The molecule has 2 unspecified atom stereocenters. The normalized spacial score (nSPS) is 16.3. The van der Waals surface area contributed by atoms with Crippen molar-refractivity contribution in [3.05, 3.63) is 10.0 Å². The average Bonchev–Trinajstić information content (AvgIpc) is 2.62. The summed E-state index contributed by atoms with van der Waals surface area (Å²) in [6, 6.07) is 0. The Hall–Kier alpha value is -0.0100. The highest BCUT2D eigenvalue weighted by Crippen LogP contribution is 2.32. The zero-order chi connectivity index (χ0) is 11.6. The van der Waals surface area contributed by atoms with Gasteiger partial charge in [0.2, 0.25) is 0 Å². The third-order valence-electron chi connectivity index (χ3n) is 2.07. The van der Waals surface area contributed by atoms with Gasteiger partial charge in [0.1, 0.15) is 15.3 Å². The van der Waals surface area contributed by atoms with Crippen LogP contribution in [0.4, 0.5) is 0 Å². The van der Waals surface area contributed by atoms with Gasteiger partial charge in [-0.25, -0.2) is 8.42 Å². The summed E-state index contributed by atoms with van der Waals surface area (Å²) in [5.74, 6) is 0. The van der Waals surface area contributed by atoms with Crippen LogP contribution in [0.25, 0.3) is 0 Å². The molecule has 0 bridgehead atoms. The first-order valence-electron chi connectivity index (χ1n) is 4.52. The quantitative estimate of drug-likeness (QED) is 0.801. The predicted molar refractivity (Wildman–Crippen MR) is 65.1 cm³/mol. The third-order valence-corrected chi connectivity index (χ3v) is 6.33. The van der Waals surface area contributed by atoms with Crippen LogP contribution >= 0.6 is 27.3 Å². The highest BCUT2D eigenvalue weighted by atomic mass is 79.9. The second-order valence-electron chi connectivity index (χ2n) is 3.33. The van der Waals surface area contributed by atoms with E-state index in [0.29, 0.717) is 5.01 Å². The first kappa shape index (κ1) is 13.1. The summed E-state index contributed by atoms with van der Waals surface area (Å²) in [7, 11) is -3.08. The summed E-state index contributed by atoms with van der Waals surface area (Å²) in [6.07, 6.45) is 2.12. The van der Waals surface area contributed by atoms with Crippen LogP contribution in [0.3, 0.4) is 0 Å². The van der Waals surface area contributed by atoms with E-state index in [1.807, 2.05) is 6.92 Å². The van der Waals surface area contributed by atoms with Crippen LogP contribution in [0.1, 0.15) is 40.4 Å². The molecule has 0 N–H and O–H groups in total. The Balaban J connectivity index is 2.94. The molecular weight excluding hydrogens is 300 g/mol. The molecule has 0 aliphatic heterocycles. The summed E-state index contributed by atoms with van der Waals surface area (Å²) >= 11 is 4.81. The lowest BCUT2D eigenvalue weighted by atomic mass is 10.4. The minimum absolute atomic E-state index is 0.163. The standard InChI is InChI=1S/C8H13BrN2O2S2/c1-4-6(9)8-11-10-7(14-8)5(2)15(3,12)13/h5-6H,4H2,1-3H3. The molecular formula is C8H13BrN2O2S2. The van der Waals surface area contributed by atoms with Crippen molar-refractivity contribution >= 4 is 37.1 Å². The van der Waals surface area contributed by atoms with E-state index in [-0.39, 0.29) is 4.83 Å². The molecule has 0 saturated heterocycles. The number of nitrogens with zero attached hydrogens (tertiary/aromatic N) is 2. The fraction of sp³-hybridized carbons (Fsp3) is 0.750. The molecule has 0 spiro atoms. The van der Waals surface area contributed by atoms with Gasteiger partial charge in [0.15, 0.2) is 9.84 Å². The average molecular weight is 313 g/mol. The van der Waals surface area contributed by atoms with Gasteiger partial charge in [-0.1, -0.05) is 34.2 Å². The van der Waals surface area contributed by atoms with E-state index >= 15 is 0 Å². The summed E-state index contributed by atoms with van der Waals surface area (Å²) in [5, 5.41) is 8.72. The van der Waals surface area contributed by atoms with Gasteiger partial charge in [0.05, 0.1) is 4.83 Å². The number of sulfone groups is 1. The zero-order valence-electron chi connectivity index (χ0n) is 8.77. The Morgan fingerprint density at radius 3 is 2.40 bits per heavy atom. The van der Waals surface area contributed by atoms with E-state index in [1.165, 1.54) is 17.6 Å². The van der Waals surface area contributed by atoms with Crippen molar-refractivity contribution < 1.29 is 8.42 Å². The molecule has 1 heterocycles. The molecule has 2 atom stereocenters. The van der Waals surface area contributed by atoms with Crippen molar-refractivity contribution in [2.75, 3.05) is 6.26 Å². The third kappa shape index (κ3) is 3.22. The molecule has 0 amide bonds. The van der Waals surface area contributed by atoms with E-state index in [9.17, 15) is 8.42 Å². The van der Waals surface area contributed by atoms with Crippen LogP contribution in [0.5, 0.6) is 0 Å². The second kappa shape index (κ2) is 4.88.